The van der Waals surface area contributed by atoms with E-state index < -0.39 is 5.41 Å². The highest BCUT2D eigenvalue weighted by Gasteiger charge is 2.44. The third-order valence-corrected chi connectivity index (χ3v) is 3.71. The molecule has 0 bridgehead atoms. The maximum atomic E-state index is 12.5. The number of rotatable bonds is 3. The van der Waals surface area contributed by atoms with Crippen molar-refractivity contribution in [2.45, 2.75) is 13.0 Å². The highest BCUT2D eigenvalue weighted by molar-refractivity contribution is 5.97. The summed E-state index contributed by atoms with van der Waals surface area (Å²) in [5.41, 5.74) is 5.77. The van der Waals surface area contributed by atoms with Gasteiger partial charge < -0.3 is 15.8 Å². The first kappa shape index (κ1) is 13.7. The smallest absolute Gasteiger partial charge is 0.234 e. The number of aromatic nitrogens is 4. The van der Waals surface area contributed by atoms with E-state index >= 15 is 0 Å². The van der Waals surface area contributed by atoms with E-state index in [-0.39, 0.29) is 11.9 Å². The molecule has 2 atom stereocenters. The molecule has 110 valence electrons. The zero-order chi connectivity index (χ0) is 14.9. The zero-order valence-corrected chi connectivity index (χ0v) is 11.6. The first-order chi connectivity index (χ1) is 10.1. The normalized spacial score (nSPS) is 25.0. The third-order valence-electron chi connectivity index (χ3n) is 3.71. The van der Waals surface area contributed by atoms with Gasteiger partial charge in [-0.05, 0) is 19.1 Å². The van der Waals surface area contributed by atoms with Crippen LogP contribution in [0, 0.1) is 5.41 Å². The van der Waals surface area contributed by atoms with Gasteiger partial charge in [0.05, 0.1) is 24.3 Å². The summed E-state index contributed by atoms with van der Waals surface area (Å²) in [6, 6.07) is 3.17. The van der Waals surface area contributed by atoms with Crippen LogP contribution in [-0.4, -0.2) is 44.9 Å². The van der Waals surface area contributed by atoms with Gasteiger partial charge in [-0.15, -0.1) is 0 Å². The van der Waals surface area contributed by atoms with Crippen LogP contribution < -0.4 is 11.1 Å². The summed E-state index contributed by atoms with van der Waals surface area (Å²) in [4.78, 5) is 20.6. The molecule has 0 saturated carbocycles. The van der Waals surface area contributed by atoms with Gasteiger partial charge >= 0.3 is 0 Å². The molecule has 3 rings (SSSR count). The third kappa shape index (κ3) is 2.39. The fraction of sp³-hybridized carbons (Fsp3) is 0.385. The molecule has 1 amide bonds. The fourth-order valence-corrected chi connectivity index (χ4v) is 2.18. The van der Waals surface area contributed by atoms with E-state index in [9.17, 15) is 4.79 Å². The van der Waals surface area contributed by atoms with Crippen LogP contribution in [0.3, 0.4) is 0 Å². The lowest BCUT2D eigenvalue weighted by molar-refractivity contribution is -0.125. The Morgan fingerprint density at radius 2 is 2.48 bits per heavy atom. The van der Waals surface area contributed by atoms with Crippen LogP contribution >= 0.6 is 0 Å². The van der Waals surface area contributed by atoms with Gasteiger partial charge in [0.2, 0.25) is 5.91 Å². The Balaban J connectivity index is 1.87. The molecule has 1 saturated heterocycles. The molecule has 8 nitrogen and oxygen atoms in total. The molecule has 1 fully saturated rings. The zero-order valence-electron chi connectivity index (χ0n) is 11.6. The molecule has 2 aromatic heterocycles. The minimum atomic E-state index is -0.754. The quantitative estimate of drug-likeness (QED) is 0.820. The molecule has 2 aromatic rings. The second-order valence-electron chi connectivity index (χ2n) is 5.21. The van der Waals surface area contributed by atoms with Crippen LogP contribution in [0.25, 0.3) is 5.82 Å². The van der Waals surface area contributed by atoms with E-state index in [1.165, 1.54) is 17.3 Å². The predicted molar refractivity (Wildman–Crippen MR) is 74.7 cm³/mol. The molecular formula is C13H16N6O2. The van der Waals surface area contributed by atoms with Gasteiger partial charge in [0.15, 0.2) is 5.82 Å². The van der Waals surface area contributed by atoms with Crippen LogP contribution in [0.15, 0.2) is 31.0 Å². The van der Waals surface area contributed by atoms with Crippen molar-refractivity contribution in [2.24, 2.45) is 11.1 Å². The Bertz CT molecular complexity index is 644. The van der Waals surface area contributed by atoms with Gasteiger partial charge in [0.1, 0.15) is 12.7 Å². The summed E-state index contributed by atoms with van der Waals surface area (Å²) in [5.74, 6) is 0.307. The largest absolute Gasteiger partial charge is 0.379 e. The molecule has 3 N–H and O–H groups in total. The highest BCUT2D eigenvalue weighted by Crippen LogP contribution is 2.29. The molecule has 3 heterocycles. The van der Waals surface area contributed by atoms with E-state index in [0.717, 1.165) is 0 Å². The Morgan fingerprint density at radius 3 is 3.14 bits per heavy atom. The van der Waals surface area contributed by atoms with E-state index in [1.807, 2.05) is 0 Å². The van der Waals surface area contributed by atoms with E-state index in [1.54, 1.807) is 25.3 Å². The van der Waals surface area contributed by atoms with Crippen molar-refractivity contribution in [3.05, 3.63) is 31.0 Å². The van der Waals surface area contributed by atoms with Crippen molar-refractivity contribution in [3.63, 3.8) is 0 Å². The van der Waals surface area contributed by atoms with Crippen LogP contribution in [0.1, 0.15) is 6.92 Å². The Kier molecular flexibility index (Phi) is 3.40. The second-order valence-corrected chi connectivity index (χ2v) is 5.21. The maximum Gasteiger partial charge on any atom is 0.234 e. The van der Waals surface area contributed by atoms with E-state index in [0.29, 0.717) is 24.7 Å². The highest BCUT2D eigenvalue weighted by atomic mass is 16.5. The summed E-state index contributed by atoms with van der Waals surface area (Å²) < 4.78 is 6.79. The standard InChI is InChI=1S/C13H16N6O2/c1-13(6-21-5-10(13)14)12(20)18-9-3-2-4-16-11(9)19-8-15-7-17-19/h2-4,7-8,10H,5-6,14H2,1H3,(H,18,20). The van der Waals surface area contributed by atoms with Gasteiger partial charge in [-0.2, -0.15) is 5.10 Å². The number of nitrogens with one attached hydrogen (secondary N) is 1. The molecule has 0 aromatic carbocycles. The minimum Gasteiger partial charge on any atom is -0.379 e. The van der Waals surface area contributed by atoms with Gasteiger partial charge in [-0.1, -0.05) is 0 Å². The van der Waals surface area contributed by atoms with Crippen molar-refractivity contribution in [1.29, 1.82) is 0 Å². The topological polar surface area (TPSA) is 108 Å². The van der Waals surface area contributed by atoms with Crippen LogP contribution in [0.4, 0.5) is 5.69 Å². The minimum absolute atomic E-state index is 0.193. The number of anilines is 1. The van der Waals surface area contributed by atoms with Gasteiger partial charge in [0, 0.05) is 12.2 Å². The Morgan fingerprint density at radius 1 is 1.62 bits per heavy atom. The number of pyridine rings is 1. The van der Waals surface area contributed by atoms with Gasteiger partial charge in [-0.25, -0.2) is 14.6 Å². The lowest BCUT2D eigenvalue weighted by Crippen LogP contribution is -2.47. The van der Waals surface area contributed by atoms with Crippen LogP contribution in [0.5, 0.6) is 0 Å². The Hall–Kier alpha value is -2.32. The first-order valence-electron chi connectivity index (χ1n) is 6.56. The van der Waals surface area contributed by atoms with E-state index in [2.05, 4.69) is 20.4 Å². The molecule has 2 unspecified atom stereocenters. The SMILES string of the molecule is CC1(C(=O)Nc2cccnc2-n2cncn2)COCC1N. The summed E-state index contributed by atoms with van der Waals surface area (Å²) >= 11 is 0. The van der Waals surface area contributed by atoms with Crippen molar-refractivity contribution >= 4 is 11.6 Å². The molecule has 1 aliphatic rings. The van der Waals surface area contributed by atoms with E-state index in [4.69, 9.17) is 10.5 Å². The number of ether oxygens (including phenoxy) is 1. The molecule has 8 heteroatoms. The number of hydrogen-bond donors (Lipinski definition) is 2. The number of amides is 1. The Labute approximate surface area is 121 Å². The van der Waals surface area contributed by atoms with Crippen LogP contribution in [-0.2, 0) is 9.53 Å². The molecule has 0 spiro atoms. The molecular weight excluding hydrogens is 272 g/mol. The number of nitrogens with two attached hydrogens (primary N) is 1. The summed E-state index contributed by atoms with van der Waals surface area (Å²) in [6.45, 7) is 2.48. The number of nitrogens with zero attached hydrogens (tertiary/aromatic N) is 4. The van der Waals surface area contributed by atoms with Crippen LogP contribution in [0.2, 0.25) is 0 Å². The average molecular weight is 288 g/mol. The van der Waals surface area contributed by atoms with Crippen molar-refractivity contribution in [3.8, 4) is 5.82 Å². The number of hydrogen-bond acceptors (Lipinski definition) is 6. The molecule has 0 aliphatic carbocycles. The monoisotopic (exact) mass is 288 g/mol. The lowest BCUT2D eigenvalue weighted by atomic mass is 9.85. The lowest BCUT2D eigenvalue weighted by Gasteiger charge is -2.25. The van der Waals surface area contributed by atoms with Crippen molar-refractivity contribution in [2.75, 3.05) is 18.5 Å². The summed E-state index contributed by atoms with van der Waals surface area (Å²) in [6.07, 6.45) is 4.55. The van der Waals surface area contributed by atoms with Gasteiger partial charge in [0.25, 0.3) is 0 Å². The maximum absolute atomic E-state index is 12.5. The van der Waals surface area contributed by atoms with Crippen molar-refractivity contribution in [1.82, 2.24) is 19.7 Å². The summed E-state index contributed by atoms with van der Waals surface area (Å²) in [5, 5.41) is 6.89. The molecule has 0 radical (unpaired) electrons. The average Bonchev–Trinajstić information content (AvgIpc) is 3.11. The molecule has 21 heavy (non-hydrogen) atoms. The summed E-state index contributed by atoms with van der Waals surface area (Å²) in [7, 11) is 0. The number of carbonyl (C=O) groups excluding carboxylic acids is 1. The second kappa shape index (κ2) is 5.23. The fourth-order valence-electron chi connectivity index (χ4n) is 2.18. The molecule has 1 aliphatic heterocycles. The first-order valence-corrected chi connectivity index (χ1v) is 6.56. The predicted octanol–water partition coefficient (Wildman–Crippen LogP) is -0.0354. The number of carbonyl (C=O) groups is 1. The van der Waals surface area contributed by atoms with Crippen molar-refractivity contribution < 1.29 is 9.53 Å². The van der Waals surface area contributed by atoms with Gasteiger partial charge in [-0.3, -0.25) is 4.79 Å².